The Balaban J connectivity index is 1.09. The Morgan fingerprint density at radius 3 is 2.67 bits per heavy atom. The van der Waals surface area contributed by atoms with Crippen LogP contribution in [0.2, 0.25) is 0 Å². The number of hydrogen-bond acceptors (Lipinski definition) is 7. The first-order chi connectivity index (χ1) is 14.8. The third kappa shape index (κ3) is 4.17. The number of likely N-dealkylation sites (tertiary alicyclic amines) is 2. The van der Waals surface area contributed by atoms with Gasteiger partial charge in [0.2, 0.25) is 5.91 Å². The number of para-hydroxylation sites is 1. The van der Waals surface area contributed by atoms with Gasteiger partial charge in [-0.25, -0.2) is 9.67 Å². The largest absolute Gasteiger partial charge is 0.467 e. The summed E-state index contributed by atoms with van der Waals surface area (Å²) in [6.07, 6.45) is 6.20. The van der Waals surface area contributed by atoms with E-state index in [1.807, 2.05) is 34.5 Å². The lowest BCUT2D eigenvalue weighted by molar-refractivity contribution is -0.133. The third-order valence-electron chi connectivity index (χ3n) is 6.19. The summed E-state index contributed by atoms with van der Waals surface area (Å²) < 4.78 is 7.68. The molecule has 0 unspecified atom stereocenters. The number of nitrogens with zero attached hydrogens (tertiary/aromatic N) is 6. The van der Waals surface area contributed by atoms with Crippen molar-refractivity contribution in [2.75, 3.05) is 26.2 Å². The van der Waals surface area contributed by atoms with Crippen molar-refractivity contribution in [1.82, 2.24) is 29.8 Å². The van der Waals surface area contributed by atoms with E-state index < -0.39 is 0 Å². The van der Waals surface area contributed by atoms with Crippen molar-refractivity contribution < 1.29 is 9.53 Å². The smallest absolute Gasteiger partial charge is 0.273 e. The van der Waals surface area contributed by atoms with Crippen molar-refractivity contribution in [3.63, 3.8) is 0 Å². The number of hydrogen-bond donors (Lipinski definition) is 0. The maximum atomic E-state index is 12.8. The van der Waals surface area contributed by atoms with Gasteiger partial charge in [0.1, 0.15) is 18.2 Å². The van der Waals surface area contributed by atoms with Crippen LogP contribution in [0.5, 0.6) is 5.19 Å². The molecule has 0 bridgehead atoms. The van der Waals surface area contributed by atoms with Crippen LogP contribution >= 0.6 is 11.3 Å². The predicted molar refractivity (Wildman–Crippen MR) is 114 cm³/mol. The molecule has 1 aromatic carbocycles. The van der Waals surface area contributed by atoms with Gasteiger partial charge in [-0.3, -0.25) is 9.69 Å². The molecule has 2 aliphatic heterocycles. The van der Waals surface area contributed by atoms with Gasteiger partial charge in [0.25, 0.3) is 5.19 Å². The SMILES string of the molecule is O=C(Cn1nnc2ccccc21)N1CCC(N2CCC(Oc3nccs3)CC2)CC1. The summed E-state index contributed by atoms with van der Waals surface area (Å²) >= 11 is 1.56. The van der Waals surface area contributed by atoms with E-state index in [4.69, 9.17) is 4.74 Å². The first kappa shape index (κ1) is 19.4. The van der Waals surface area contributed by atoms with Gasteiger partial charge in [0.15, 0.2) is 0 Å². The van der Waals surface area contributed by atoms with Crippen molar-refractivity contribution in [3.8, 4) is 5.19 Å². The Labute approximate surface area is 179 Å². The average Bonchev–Trinajstić information content (AvgIpc) is 3.45. The highest BCUT2D eigenvalue weighted by Crippen LogP contribution is 2.25. The van der Waals surface area contributed by atoms with E-state index >= 15 is 0 Å². The molecule has 2 aliphatic rings. The first-order valence-corrected chi connectivity index (χ1v) is 11.5. The quantitative estimate of drug-likeness (QED) is 0.624. The molecule has 0 atom stereocenters. The number of fused-ring (bicyclic) bond motifs is 1. The van der Waals surface area contributed by atoms with Gasteiger partial charge < -0.3 is 9.64 Å². The molecule has 3 aromatic rings. The Kier molecular flexibility index (Phi) is 5.63. The summed E-state index contributed by atoms with van der Waals surface area (Å²) in [5, 5.41) is 11.0. The Morgan fingerprint density at radius 2 is 1.90 bits per heavy atom. The number of amides is 1. The summed E-state index contributed by atoms with van der Waals surface area (Å²) in [5.41, 5.74) is 1.73. The second kappa shape index (κ2) is 8.69. The topological polar surface area (TPSA) is 76.4 Å². The minimum atomic E-state index is 0.125. The van der Waals surface area contributed by atoms with Crippen LogP contribution in [0.3, 0.4) is 0 Å². The van der Waals surface area contributed by atoms with Gasteiger partial charge in [0, 0.05) is 43.8 Å². The Bertz CT molecular complexity index is 974. The van der Waals surface area contributed by atoms with Crippen LogP contribution < -0.4 is 4.74 Å². The lowest BCUT2D eigenvalue weighted by Crippen LogP contribution is -2.50. The van der Waals surface area contributed by atoms with Crippen LogP contribution in [0.25, 0.3) is 11.0 Å². The van der Waals surface area contributed by atoms with Crippen molar-refractivity contribution in [1.29, 1.82) is 0 Å². The molecule has 0 radical (unpaired) electrons. The zero-order valence-corrected chi connectivity index (χ0v) is 17.7. The molecule has 158 valence electrons. The molecule has 30 heavy (non-hydrogen) atoms. The molecule has 5 rings (SSSR count). The van der Waals surface area contributed by atoms with Crippen LogP contribution in [0, 0.1) is 0 Å². The maximum absolute atomic E-state index is 12.8. The lowest BCUT2D eigenvalue weighted by atomic mass is 9.99. The minimum absolute atomic E-state index is 0.125. The molecule has 0 spiro atoms. The van der Waals surface area contributed by atoms with Crippen molar-refractivity contribution in [2.45, 2.75) is 44.4 Å². The van der Waals surface area contributed by atoms with Crippen LogP contribution in [-0.4, -0.2) is 74.0 Å². The number of rotatable bonds is 5. The monoisotopic (exact) mass is 426 g/mol. The fourth-order valence-corrected chi connectivity index (χ4v) is 5.06. The number of carbonyl (C=O) groups excluding carboxylic acids is 1. The predicted octanol–water partition coefficient (Wildman–Crippen LogP) is 2.42. The third-order valence-corrected chi connectivity index (χ3v) is 6.85. The Hall–Kier alpha value is -2.52. The normalized spacial score (nSPS) is 19.4. The zero-order chi connectivity index (χ0) is 20.3. The van der Waals surface area contributed by atoms with Gasteiger partial charge in [-0.1, -0.05) is 28.7 Å². The number of piperidine rings is 2. The first-order valence-electron chi connectivity index (χ1n) is 10.6. The molecule has 2 fully saturated rings. The highest BCUT2D eigenvalue weighted by atomic mass is 32.1. The highest BCUT2D eigenvalue weighted by molar-refractivity contribution is 7.11. The number of carbonyl (C=O) groups is 1. The second-order valence-corrected chi connectivity index (χ2v) is 8.86. The molecule has 8 nitrogen and oxygen atoms in total. The number of thiazole rings is 1. The van der Waals surface area contributed by atoms with Gasteiger partial charge in [-0.05, 0) is 37.8 Å². The summed E-state index contributed by atoms with van der Waals surface area (Å²) in [6, 6.07) is 8.31. The van der Waals surface area contributed by atoms with E-state index in [0.29, 0.717) is 6.04 Å². The van der Waals surface area contributed by atoms with E-state index in [-0.39, 0.29) is 18.6 Å². The van der Waals surface area contributed by atoms with E-state index in [9.17, 15) is 4.79 Å². The zero-order valence-electron chi connectivity index (χ0n) is 16.9. The van der Waals surface area contributed by atoms with Crippen LogP contribution in [0.15, 0.2) is 35.8 Å². The van der Waals surface area contributed by atoms with Crippen molar-refractivity contribution >= 4 is 28.3 Å². The van der Waals surface area contributed by atoms with Crippen molar-refractivity contribution in [3.05, 3.63) is 35.8 Å². The van der Waals surface area contributed by atoms with E-state index in [0.717, 1.165) is 68.1 Å². The summed E-state index contributed by atoms with van der Waals surface area (Å²) in [4.78, 5) is 21.6. The molecule has 1 amide bonds. The molecule has 0 N–H and O–H groups in total. The highest BCUT2D eigenvalue weighted by Gasteiger charge is 2.30. The van der Waals surface area contributed by atoms with Gasteiger partial charge in [-0.2, -0.15) is 0 Å². The van der Waals surface area contributed by atoms with Crippen molar-refractivity contribution in [2.24, 2.45) is 0 Å². The number of aromatic nitrogens is 4. The fourth-order valence-electron chi connectivity index (χ4n) is 4.51. The number of ether oxygens (including phenoxy) is 1. The maximum Gasteiger partial charge on any atom is 0.273 e. The second-order valence-electron chi connectivity index (χ2n) is 8.00. The molecule has 9 heteroatoms. The van der Waals surface area contributed by atoms with Gasteiger partial charge in [-0.15, -0.1) is 5.10 Å². The molecule has 2 saturated heterocycles. The van der Waals surface area contributed by atoms with Crippen LogP contribution in [0.1, 0.15) is 25.7 Å². The summed E-state index contributed by atoms with van der Waals surface area (Å²) in [5.74, 6) is 0.125. The van der Waals surface area contributed by atoms with E-state index in [1.165, 1.54) is 0 Å². The van der Waals surface area contributed by atoms with Crippen LogP contribution in [-0.2, 0) is 11.3 Å². The minimum Gasteiger partial charge on any atom is -0.467 e. The molecule has 4 heterocycles. The lowest BCUT2D eigenvalue weighted by Gasteiger charge is -2.41. The molecular formula is C21H26N6O2S. The summed E-state index contributed by atoms with van der Waals surface area (Å²) in [7, 11) is 0. The average molecular weight is 427 g/mol. The molecule has 2 aromatic heterocycles. The van der Waals surface area contributed by atoms with Crippen LogP contribution in [0.4, 0.5) is 0 Å². The molecule has 0 saturated carbocycles. The number of benzene rings is 1. The van der Waals surface area contributed by atoms with Gasteiger partial charge >= 0.3 is 0 Å². The van der Waals surface area contributed by atoms with E-state index in [1.54, 1.807) is 22.2 Å². The Morgan fingerprint density at radius 1 is 1.10 bits per heavy atom. The van der Waals surface area contributed by atoms with Gasteiger partial charge in [0.05, 0.1) is 5.52 Å². The van der Waals surface area contributed by atoms with E-state index in [2.05, 4.69) is 20.2 Å². The fraction of sp³-hybridized carbons (Fsp3) is 0.524. The molecule has 0 aliphatic carbocycles. The molecular weight excluding hydrogens is 400 g/mol. The standard InChI is InChI=1S/C21H26N6O2S/c28-20(15-27-19-4-2-1-3-18(19)23-24-27)26-10-5-16(6-11-26)25-12-7-17(8-13-25)29-21-22-9-14-30-21/h1-4,9,14,16-17H,5-8,10-13,15H2. The summed E-state index contributed by atoms with van der Waals surface area (Å²) in [6.45, 7) is 3.99.